The van der Waals surface area contributed by atoms with Gasteiger partial charge in [-0.2, -0.15) is 0 Å². The average Bonchev–Trinajstić information content (AvgIpc) is 2.85. The highest BCUT2D eigenvalue weighted by atomic mass is 32.2. The molecule has 0 spiro atoms. The molecule has 40 heavy (non-hydrogen) atoms. The molecular formula is C29H39FN4O5S. The van der Waals surface area contributed by atoms with Gasteiger partial charge in [0.25, 0.3) is 6.02 Å². The van der Waals surface area contributed by atoms with E-state index in [2.05, 4.69) is 14.7 Å². The Hall–Kier alpha value is -3.21. The summed E-state index contributed by atoms with van der Waals surface area (Å²) < 4.78 is 54.6. The molecule has 1 amide bonds. The molecule has 1 aromatic heterocycles. The maximum absolute atomic E-state index is 14.2. The second-order valence-corrected chi connectivity index (χ2v) is 13.9. The lowest BCUT2D eigenvalue weighted by molar-refractivity contribution is 0.0204. The number of halogens is 1. The zero-order valence-electron chi connectivity index (χ0n) is 24.0. The Kier molecular flexibility index (Phi) is 8.44. The van der Waals surface area contributed by atoms with Crippen LogP contribution in [0.1, 0.15) is 83.2 Å². The summed E-state index contributed by atoms with van der Waals surface area (Å²) in [5.41, 5.74) is 0.414. The Balaban J connectivity index is 1.39. The van der Waals surface area contributed by atoms with E-state index in [0.717, 1.165) is 24.1 Å². The van der Waals surface area contributed by atoms with E-state index in [4.69, 9.17) is 9.47 Å². The topological polar surface area (TPSA) is 110 Å². The van der Waals surface area contributed by atoms with Crippen molar-refractivity contribution in [3.63, 3.8) is 0 Å². The van der Waals surface area contributed by atoms with Crippen molar-refractivity contribution in [1.82, 2.24) is 14.6 Å². The van der Waals surface area contributed by atoms with Gasteiger partial charge in [-0.1, -0.05) is 24.3 Å². The number of sulfonamides is 1. The summed E-state index contributed by atoms with van der Waals surface area (Å²) in [6.07, 6.45) is 3.17. The summed E-state index contributed by atoms with van der Waals surface area (Å²) in [7, 11) is -3.85. The zero-order valence-corrected chi connectivity index (χ0v) is 24.8. The number of nitrogens with one attached hydrogen (secondary N) is 1. The van der Waals surface area contributed by atoms with Crippen LogP contribution in [0.3, 0.4) is 0 Å². The van der Waals surface area contributed by atoms with E-state index < -0.39 is 38.3 Å². The summed E-state index contributed by atoms with van der Waals surface area (Å²) in [6, 6.07) is 9.28. The molecule has 0 radical (unpaired) electrons. The Morgan fingerprint density at radius 3 is 2.48 bits per heavy atom. The van der Waals surface area contributed by atoms with E-state index in [9.17, 15) is 17.6 Å². The van der Waals surface area contributed by atoms with Crippen LogP contribution in [0.4, 0.5) is 9.18 Å². The van der Waals surface area contributed by atoms with Crippen molar-refractivity contribution in [3.8, 4) is 0 Å². The van der Waals surface area contributed by atoms with Crippen LogP contribution >= 0.6 is 0 Å². The fourth-order valence-electron chi connectivity index (χ4n) is 5.07. The largest absolute Gasteiger partial charge is 0.457 e. The number of aliphatic imine (C=N–C) groups is 1. The SMILES string of the molecule is CC(N=C1NS(=O)(=O)C(Cc2ccc(C3CCN(C(=O)OC(C)(C)C)CC3)nc2)C(C)(C)O1)c1ccccc1F. The number of piperidine rings is 1. The minimum atomic E-state index is -3.85. The molecule has 2 atom stereocenters. The fourth-order valence-corrected chi connectivity index (χ4v) is 6.75. The Morgan fingerprint density at radius 1 is 1.23 bits per heavy atom. The molecule has 2 aliphatic heterocycles. The summed E-state index contributed by atoms with van der Waals surface area (Å²) in [5.74, 6) is -0.206. The minimum absolute atomic E-state index is 0.150. The van der Waals surface area contributed by atoms with E-state index in [1.165, 1.54) is 6.07 Å². The summed E-state index contributed by atoms with van der Waals surface area (Å²) in [4.78, 5) is 23.0. The number of pyridine rings is 1. The van der Waals surface area contributed by atoms with Crippen molar-refractivity contribution in [3.05, 3.63) is 65.2 Å². The lowest BCUT2D eigenvalue weighted by Crippen LogP contribution is -2.59. The van der Waals surface area contributed by atoms with Gasteiger partial charge in [0.2, 0.25) is 10.0 Å². The van der Waals surface area contributed by atoms with Gasteiger partial charge in [-0.3, -0.25) is 4.98 Å². The molecule has 4 rings (SSSR count). The van der Waals surface area contributed by atoms with Crippen molar-refractivity contribution in [2.75, 3.05) is 13.1 Å². The smallest absolute Gasteiger partial charge is 0.410 e. The molecule has 1 aromatic carbocycles. The summed E-state index contributed by atoms with van der Waals surface area (Å²) in [5, 5.41) is -0.896. The molecule has 9 nitrogen and oxygen atoms in total. The Labute approximate surface area is 236 Å². The lowest BCUT2D eigenvalue weighted by atomic mass is 9.92. The first-order valence-corrected chi connectivity index (χ1v) is 15.1. The van der Waals surface area contributed by atoms with Gasteiger partial charge in [0, 0.05) is 36.5 Å². The number of amides is 1. The van der Waals surface area contributed by atoms with E-state index in [1.54, 1.807) is 50.1 Å². The molecule has 3 heterocycles. The van der Waals surface area contributed by atoms with E-state index in [1.807, 2.05) is 32.9 Å². The van der Waals surface area contributed by atoms with Crippen LogP contribution in [0.2, 0.25) is 0 Å². The van der Waals surface area contributed by atoms with Crippen molar-refractivity contribution in [2.45, 2.75) is 89.2 Å². The number of hydrogen-bond donors (Lipinski definition) is 1. The molecule has 0 bridgehead atoms. The number of benzene rings is 1. The van der Waals surface area contributed by atoms with E-state index in [-0.39, 0.29) is 24.5 Å². The van der Waals surface area contributed by atoms with Crippen molar-refractivity contribution >= 4 is 22.1 Å². The van der Waals surface area contributed by atoms with Gasteiger partial charge >= 0.3 is 6.09 Å². The number of carbonyl (C=O) groups is 1. The quantitative estimate of drug-likeness (QED) is 0.533. The number of nitrogens with zero attached hydrogens (tertiary/aromatic N) is 3. The second kappa shape index (κ2) is 11.3. The molecule has 2 fully saturated rings. The fraction of sp³-hybridized carbons (Fsp3) is 0.552. The maximum Gasteiger partial charge on any atom is 0.410 e. The first kappa shape index (κ1) is 29.8. The molecule has 0 aliphatic carbocycles. The highest BCUT2D eigenvalue weighted by molar-refractivity contribution is 7.90. The van der Waals surface area contributed by atoms with Gasteiger partial charge in [-0.05, 0) is 78.5 Å². The molecule has 2 saturated heterocycles. The normalized spacial score (nSPS) is 22.7. The summed E-state index contributed by atoms with van der Waals surface area (Å²) >= 11 is 0. The monoisotopic (exact) mass is 574 g/mol. The molecule has 11 heteroatoms. The number of aromatic nitrogens is 1. The van der Waals surface area contributed by atoms with Crippen LogP contribution in [0.5, 0.6) is 0 Å². The average molecular weight is 575 g/mol. The van der Waals surface area contributed by atoms with E-state index in [0.29, 0.717) is 18.7 Å². The number of amidine groups is 1. The third-order valence-corrected chi connectivity index (χ3v) is 9.18. The number of hydrogen-bond acceptors (Lipinski definition) is 7. The van der Waals surface area contributed by atoms with Crippen LogP contribution < -0.4 is 4.72 Å². The second-order valence-electron chi connectivity index (χ2n) is 12.0. The number of carbonyl (C=O) groups excluding carboxylic acids is 1. The van der Waals surface area contributed by atoms with E-state index >= 15 is 0 Å². The van der Waals surface area contributed by atoms with Crippen molar-refractivity contribution < 1.29 is 27.1 Å². The first-order chi connectivity index (χ1) is 18.6. The molecule has 2 aromatic rings. The molecule has 2 aliphatic rings. The van der Waals surface area contributed by atoms with Crippen LogP contribution in [0.15, 0.2) is 47.6 Å². The lowest BCUT2D eigenvalue weighted by Gasteiger charge is -2.39. The predicted octanol–water partition coefficient (Wildman–Crippen LogP) is 5.09. The van der Waals surface area contributed by atoms with Crippen LogP contribution in [0.25, 0.3) is 0 Å². The van der Waals surface area contributed by atoms with Crippen molar-refractivity contribution in [2.24, 2.45) is 4.99 Å². The minimum Gasteiger partial charge on any atom is -0.457 e. The van der Waals surface area contributed by atoms with Gasteiger partial charge in [0.15, 0.2) is 0 Å². The van der Waals surface area contributed by atoms with Gasteiger partial charge in [-0.25, -0.2) is 27.3 Å². The number of likely N-dealkylation sites (tertiary alicyclic amines) is 1. The molecule has 1 N–H and O–H groups in total. The Morgan fingerprint density at radius 2 is 1.90 bits per heavy atom. The standard InChI is InChI=1S/C29H39FN4O5S/c1-19(22-9-7-8-10-23(22)30)32-26-33-40(36,37)25(29(5,6)38-26)17-20-11-12-24(31-18-20)21-13-15-34(16-14-21)27(35)39-28(2,3)4/h7-12,18-19,21,25H,13-17H2,1-6H3,(H,32,33). The van der Waals surface area contributed by atoms with Gasteiger partial charge in [0.05, 0.1) is 6.04 Å². The number of rotatable bonds is 5. The zero-order chi connectivity index (χ0) is 29.3. The molecular weight excluding hydrogens is 535 g/mol. The number of ether oxygens (including phenoxy) is 2. The third-order valence-electron chi connectivity index (χ3n) is 7.24. The molecule has 2 unspecified atom stereocenters. The van der Waals surface area contributed by atoms with Gasteiger partial charge < -0.3 is 14.4 Å². The van der Waals surface area contributed by atoms with Crippen molar-refractivity contribution in [1.29, 1.82) is 0 Å². The van der Waals surface area contributed by atoms with Gasteiger partial charge in [-0.15, -0.1) is 0 Å². The van der Waals surface area contributed by atoms with Gasteiger partial charge in [0.1, 0.15) is 22.3 Å². The van der Waals surface area contributed by atoms with Crippen LogP contribution in [0, 0.1) is 5.82 Å². The summed E-state index contributed by atoms with van der Waals surface area (Å²) in [6.45, 7) is 11.8. The third kappa shape index (κ3) is 7.10. The predicted molar refractivity (Wildman–Crippen MR) is 151 cm³/mol. The van der Waals surface area contributed by atoms with Crippen LogP contribution in [-0.4, -0.2) is 60.0 Å². The van der Waals surface area contributed by atoms with Crippen LogP contribution in [-0.2, 0) is 25.9 Å². The first-order valence-electron chi connectivity index (χ1n) is 13.6. The molecule has 218 valence electrons. The molecule has 0 saturated carbocycles. The highest BCUT2D eigenvalue weighted by Crippen LogP contribution is 2.31. The highest BCUT2D eigenvalue weighted by Gasteiger charge is 2.47. The Bertz CT molecular complexity index is 1350. The maximum atomic E-state index is 14.2.